The van der Waals surface area contributed by atoms with E-state index in [0.717, 1.165) is 11.9 Å². The highest BCUT2D eigenvalue weighted by atomic mass is 15.1. The standard InChI is InChI=1S/C12H14N2/c1-2-5-9-6-4-8-11-12(9)10(7-3-1)13-14-11/h4,6,8H,1-3,5,7H2,(H,13,14). The van der Waals surface area contributed by atoms with Crippen LogP contribution in [0.1, 0.15) is 30.5 Å². The van der Waals surface area contributed by atoms with Gasteiger partial charge in [0.05, 0.1) is 5.52 Å². The van der Waals surface area contributed by atoms with Crippen LogP contribution in [-0.4, -0.2) is 10.2 Å². The molecule has 0 radical (unpaired) electrons. The number of benzene rings is 1. The van der Waals surface area contributed by atoms with Gasteiger partial charge in [0, 0.05) is 11.1 Å². The van der Waals surface area contributed by atoms with Crippen LogP contribution in [0.5, 0.6) is 0 Å². The van der Waals surface area contributed by atoms with Crippen molar-refractivity contribution >= 4 is 10.9 Å². The Bertz CT molecular complexity index is 456. The third kappa shape index (κ3) is 1.14. The lowest BCUT2D eigenvalue weighted by atomic mass is 9.96. The lowest BCUT2D eigenvalue weighted by molar-refractivity contribution is 0.665. The van der Waals surface area contributed by atoms with Crippen LogP contribution in [0, 0.1) is 0 Å². The molecule has 14 heavy (non-hydrogen) atoms. The second-order valence-corrected chi connectivity index (χ2v) is 4.07. The van der Waals surface area contributed by atoms with Gasteiger partial charge in [0.1, 0.15) is 0 Å². The van der Waals surface area contributed by atoms with Crippen molar-refractivity contribution in [3.63, 3.8) is 0 Å². The lowest BCUT2D eigenvalue weighted by Crippen LogP contribution is -1.96. The van der Waals surface area contributed by atoms with E-state index < -0.39 is 0 Å². The quantitative estimate of drug-likeness (QED) is 0.673. The molecule has 0 saturated heterocycles. The summed E-state index contributed by atoms with van der Waals surface area (Å²) in [5.41, 5.74) is 3.96. The SMILES string of the molecule is c1cc2c3c([nH]nc3c1)CCCCC2. The molecule has 0 fully saturated rings. The summed E-state index contributed by atoms with van der Waals surface area (Å²) in [7, 11) is 0. The molecule has 0 spiro atoms. The molecule has 1 aliphatic rings. The lowest BCUT2D eigenvalue weighted by Gasteiger charge is -2.09. The van der Waals surface area contributed by atoms with E-state index in [9.17, 15) is 0 Å². The molecular weight excluding hydrogens is 172 g/mol. The molecule has 0 amide bonds. The summed E-state index contributed by atoms with van der Waals surface area (Å²) in [6.07, 6.45) is 6.33. The van der Waals surface area contributed by atoms with E-state index in [-0.39, 0.29) is 0 Å². The van der Waals surface area contributed by atoms with Gasteiger partial charge in [0.2, 0.25) is 0 Å². The van der Waals surface area contributed by atoms with Gasteiger partial charge >= 0.3 is 0 Å². The van der Waals surface area contributed by atoms with Gasteiger partial charge in [-0.2, -0.15) is 5.10 Å². The van der Waals surface area contributed by atoms with Crippen molar-refractivity contribution in [1.82, 2.24) is 10.2 Å². The summed E-state index contributed by atoms with van der Waals surface area (Å²) in [5.74, 6) is 0. The number of aryl methyl sites for hydroxylation is 2. The first-order valence-electron chi connectivity index (χ1n) is 5.40. The molecule has 2 nitrogen and oxygen atoms in total. The minimum Gasteiger partial charge on any atom is -0.281 e. The predicted molar refractivity (Wildman–Crippen MR) is 57.4 cm³/mol. The highest BCUT2D eigenvalue weighted by molar-refractivity contribution is 5.85. The molecule has 1 aliphatic carbocycles. The predicted octanol–water partition coefficient (Wildman–Crippen LogP) is 2.83. The fourth-order valence-corrected chi connectivity index (χ4v) is 2.39. The monoisotopic (exact) mass is 186 g/mol. The van der Waals surface area contributed by atoms with E-state index in [1.165, 1.54) is 42.3 Å². The van der Waals surface area contributed by atoms with Gasteiger partial charge in [-0.1, -0.05) is 18.6 Å². The van der Waals surface area contributed by atoms with E-state index in [4.69, 9.17) is 0 Å². The van der Waals surface area contributed by atoms with Gasteiger partial charge in [-0.3, -0.25) is 5.10 Å². The minimum atomic E-state index is 1.14. The largest absolute Gasteiger partial charge is 0.281 e. The van der Waals surface area contributed by atoms with Crippen LogP contribution in [0.3, 0.4) is 0 Å². The summed E-state index contributed by atoms with van der Waals surface area (Å²) in [6, 6.07) is 6.46. The van der Waals surface area contributed by atoms with E-state index in [1.807, 2.05) is 0 Å². The Morgan fingerprint density at radius 1 is 1.07 bits per heavy atom. The Morgan fingerprint density at radius 3 is 3.00 bits per heavy atom. The Hall–Kier alpha value is -1.31. The molecule has 0 saturated carbocycles. The molecule has 1 aromatic carbocycles. The number of H-pyrrole nitrogens is 1. The molecule has 2 heteroatoms. The fourth-order valence-electron chi connectivity index (χ4n) is 2.39. The fraction of sp³-hybridized carbons (Fsp3) is 0.417. The summed E-state index contributed by atoms with van der Waals surface area (Å²) in [6.45, 7) is 0. The summed E-state index contributed by atoms with van der Waals surface area (Å²) in [4.78, 5) is 0. The van der Waals surface area contributed by atoms with Crippen LogP contribution in [-0.2, 0) is 12.8 Å². The number of aromatic nitrogens is 2. The molecule has 0 bridgehead atoms. The van der Waals surface area contributed by atoms with E-state index in [2.05, 4.69) is 28.4 Å². The van der Waals surface area contributed by atoms with Gasteiger partial charge in [-0.25, -0.2) is 0 Å². The number of rotatable bonds is 0. The van der Waals surface area contributed by atoms with Crippen molar-refractivity contribution in [3.05, 3.63) is 29.5 Å². The van der Waals surface area contributed by atoms with Crippen molar-refractivity contribution in [3.8, 4) is 0 Å². The van der Waals surface area contributed by atoms with Crippen LogP contribution in [0.15, 0.2) is 18.2 Å². The average Bonchev–Trinajstić information content (AvgIpc) is 2.57. The molecule has 3 rings (SSSR count). The van der Waals surface area contributed by atoms with Crippen LogP contribution in [0.2, 0.25) is 0 Å². The van der Waals surface area contributed by atoms with Crippen LogP contribution >= 0.6 is 0 Å². The number of nitrogens with one attached hydrogen (secondary N) is 1. The van der Waals surface area contributed by atoms with Crippen molar-refractivity contribution in [2.45, 2.75) is 32.1 Å². The van der Waals surface area contributed by atoms with Crippen LogP contribution in [0.4, 0.5) is 0 Å². The van der Waals surface area contributed by atoms with Gasteiger partial charge in [0.25, 0.3) is 0 Å². The molecule has 0 aliphatic heterocycles. The van der Waals surface area contributed by atoms with Crippen molar-refractivity contribution in [2.75, 3.05) is 0 Å². The Labute approximate surface area is 83.3 Å². The molecule has 0 atom stereocenters. The molecule has 1 N–H and O–H groups in total. The van der Waals surface area contributed by atoms with Crippen molar-refractivity contribution < 1.29 is 0 Å². The van der Waals surface area contributed by atoms with Crippen LogP contribution < -0.4 is 0 Å². The Balaban J connectivity index is 2.28. The second kappa shape index (κ2) is 3.12. The minimum absolute atomic E-state index is 1.14. The van der Waals surface area contributed by atoms with Crippen molar-refractivity contribution in [2.24, 2.45) is 0 Å². The Morgan fingerprint density at radius 2 is 2.00 bits per heavy atom. The smallest absolute Gasteiger partial charge is 0.0926 e. The van der Waals surface area contributed by atoms with E-state index >= 15 is 0 Å². The summed E-state index contributed by atoms with van der Waals surface area (Å²) < 4.78 is 0. The third-order valence-electron chi connectivity index (χ3n) is 3.11. The number of aromatic amines is 1. The maximum Gasteiger partial charge on any atom is 0.0926 e. The first-order valence-corrected chi connectivity index (χ1v) is 5.40. The zero-order valence-electron chi connectivity index (χ0n) is 8.21. The van der Waals surface area contributed by atoms with E-state index in [0.29, 0.717) is 0 Å². The first-order chi connectivity index (χ1) is 6.95. The first kappa shape index (κ1) is 8.04. The highest BCUT2D eigenvalue weighted by Gasteiger charge is 2.11. The zero-order chi connectivity index (χ0) is 9.38. The molecule has 72 valence electrons. The number of hydrogen-bond donors (Lipinski definition) is 1. The molecule has 2 aromatic rings. The van der Waals surface area contributed by atoms with E-state index in [1.54, 1.807) is 0 Å². The highest BCUT2D eigenvalue weighted by Crippen LogP contribution is 2.25. The maximum absolute atomic E-state index is 4.35. The number of hydrogen-bond acceptors (Lipinski definition) is 1. The van der Waals surface area contributed by atoms with Gasteiger partial charge in [0.15, 0.2) is 0 Å². The van der Waals surface area contributed by atoms with Crippen molar-refractivity contribution in [1.29, 1.82) is 0 Å². The normalized spacial score (nSPS) is 16.6. The summed E-state index contributed by atoms with van der Waals surface area (Å²) >= 11 is 0. The Kier molecular flexibility index (Phi) is 1.79. The third-order valence-corrected chi connectivity index (χ3v) is 3.11. The molecule has 0 unspecified atom stereocenters. The molecular formula is C12H14N2. The number of nitrogens with zero attached hydrogens (tertiary/aromatic N) is 1. The topological polar surface area (TPSA) is 28.7 Å². The maximum atomic E-state index is 4.35. The summed E-state index contributed by atoms with van der Waals surface area (Å²) in [5, 5.41) is 8.92. The van der Waals surface area contributed by atoms with Crippen LogP contribution in [0.25, 0.3) is 10.9 Å². The zero-order valence-corrected chi connectivity index (χ0v) is 8.21. The van der Waals surface area contributed by atoms with Gasteiger partial charge in [-0.15, -0.1) is 0 Å². The van der Waals surface area contributed by atoms with Gasteiger partial charge < -0.3 is 0 Å². The molecule has 1 heterocycles. The average molecular weight is 186 g/mol. The second-order valence-electron chi connectivity index (χ2n) is 4.07. The van der Waals surface area contributed by atoms with Gasteiger partial charge in [-0.05, 0) is 37.3 Å². The molecule has 1 aromatic heterocycles.